The van der Waals surface area contributed by atoms with Crippen molar-refractivity contribution in [2.45, 2.75) is 32.0 Å². The van der Waals surface area contributed by atoms with Crippen LogP contribution in [0.2, 0.25) is 0 Å². The Morgan fingerprint density at radius 2 is 2.00 bits per heavy atom. The number of H-pyrrole nitrogens is 1. The van der Waals surface area contributed by atoms with E-state index in [9.17, 15) is 22.8 Å². The van der Waals surface area contributed by atoms with Gasteiger partial charge in [-0.3, -0.25) is 9.59 Å². The zero-order chi connectivity index (χ0) is 26.6. The van der Waals surface area contributed by atoms with Crippen LogP contribution in [0, 0.1) is 17.2 Å². The van der Waals surface area contributed by atoms with Crippen molar-refractivity contribution >= 4 is 17.4 Å². The highest BCUT2D eigenvalue weighted by Crippen LogP contribution is 2.37. The molecule has 2 aromatic rings. The largest absolute Gasteiger partial charge is 0.423 e. The van der Waals surface area contributed by atoms with Gasteiger partial charge >= 0.3 is 6.18 Å². The molecule has 0 unspecified atom stereocenters. The number of aromatic amines is 1. The molecule has 2 saturated heterocycles. The lowest BCUT2D eigenvalue weighted by Crippen LogP contribution is -2.49. The number of carbonyl (C=O) groups excluding carboxylic acids is 1. The SMILES string of the molecule is C[C@H]1C[C@@H](COCCC(=O)N2CCN(c3ccc(C#N)cn3)CC2)N(c2cn[nH]c(=O)c2C(F)(F)F)C1. The van der Waals surface area contributed by atoms with E-state index in [0.29, 0.717) is 44.7 Å². The molecule has 0 saturated carbocycles. The Kier molecular flexibility index (Phi) is 7.97. The molecule has 2 aliphatic rings. The van der Waals surface area contributed by atoms with Crippen molar-refractivity contribution in [2.75, 3.05) is 55.7 Å². The molecule has 2 aromatic heterocycles. The summed E-state index contributed by atoms with van der Waals surface area (Å²) in [7, 11) is 0. The number of amides is 1. The Morgan fingerprint density at radius 3 is 2.65 bits per heavy atom. The molecule has 1 amide bonds. The van der Waals surface area contributed by atoms with Crippen molar-refractivity contribution in [3.05, 3.63) is 46.0 Å². The summed E-state index contributed by atoms with van der Waals surface area (Å²) in [5, 5.41) is 14.3. The van der Waals surface area contributed by atoms with E-state index in [-0.39, 0.29) is 43.2 Å². The molecule has 13 heteroatoms. The number of nitrogens with one attached hydrogen (secondary N) is 1. The molecule has 2 aliphatic heterocycles. The number of halogens is 3. The molecule has 10 nitrogen and oxygen atoms in total. The summed E-state index contributed by atoms with van der Waals surface area (Å²) >= 11 is 0. The lowest BCUT2D eigenvalue weighted by molar-refractivity contribution is -0.138. The Balaban J connectivity index is 1.26. The second kappa shape index (κ2) is 11.2. The lowest BCUT2D eigenvalue weighted by Gasteiger charge is -2.35. The molecular formula is C24H28F3N7O3. The number of carbonyl (C=O) groups is 1. The number of hydrogen-bond acceptors (Lipinski definition) is 8. The number of nitrogens with zero attached hydrogens (tertiary/aromatic N) is 6. The smallest absolute Gasteiger partial charge is 0.379 e. The van der Waals surface area contributed by atoms with Crippen molar-refractivity contribution in [3.63, 3.8) is 0 Å². The first kappa shape index (κ1) is 26.4. The number of anilines is 2. The minimum atomic E-state index is -4.81. The van der Waals surface area contributed by atoms with Crippen LogP contribution in [0.15, 0.2) is 29.3 Å². The van der Waals surface area contributed by atoms with E-state index < -0.39 is 17.3 Å². The van der Waals surface area contributed by atoms with E-state index in [1.165, 1.54) is 11.1 Å². The fourth-order valence-electron chi connectivity index (χ4n) is 4.85. The monoisotopic (exact) mass is 519 g/mol. The molecule has 1 N–H and O–H groups in total. The van der Waals surface area contributed by atoms with Crippen molar-refractivity contribution in [1.82, 2.24) is 20.1 Å². The van der Waals surface area contributed by atoms with Crippen LogP contribution in [0.3, 0.4) is 0 Å². The van der Waals surface area contributed by atoms with Gasteiger partial charge in [0.15, 0.2) is 0 Å². The maximum absolute atomic E-state index is 13.5. The van der Waals surface area contributed by atoms with Gasteiger partial charge in [0, 0.05) is 38.9 Å². The summed E-state index contributed by atoms with van der Waals surface area (Å²) in [5.41, 5.74) is -2.29. The van der Waals surface area contributed by atoms with Crippen LogP contribution in [-0.2, 0) is 15.7 Å². The first-order valence-electron chi connectivity index (χ1n) is 12.1. The molecule has 37 heavy (non-hydrogen) atoms. The van der Waals surface area contributed by atoms with Crippen molar-refractivity contribution < 1.29 is 22.7 Å². The molecule has 4 heterocycles. The molecule has 0 bridgehead atoms. The van der Waals surface area contributed by atoms with Gasteiger partial charge in [-0.2, -0.15) is 23.5 Å². The van der Waals surface area contributed by atoms with Crippen LogP contribution in [0.5, 0.6) is 0 Å². The number of alkyl halides is 3. The number of piperazine rings is 1. The van der Waals surface area contributed by atoms with E-state index >= 15 is 0 Å². The second-order valence-electron chi connectivity index (χ2n) is 9.31. The summed E-state index contributed by atoms with van der Waals surface area (Å²) in [6.07, 6.45) is -1.49. The summed E-state index contributed by atoms with van der Waals surface area (Å²) in [5.74, 6) is 0.814. The third kappa shape index (κ3) is 6.19. The number of nitriles is 1. The lowest BCUT2D eigenvalue weighted by atomic mass is 10.1. The summed E-state index contributed by atoms with van der Waals surface area (Å²) in [6.45, 7) is 4.86. The predicted octanol–water partition coefficient (Wildman–Crippen LogP) is 2.03. The number of rotatable bonds is 7. The zero-order valence-corrected chi connectivity index (χ0v) is 20.4. The fourth-order valence-corrected chi connectivity index (χ4v) is 4.85. The Bertz CT molecular complexity index is 1190. The average Bonchev–Trinajstić information content (AvgIpc) is 3.26. The maximum atomic E-state index is 13.5. The van der Waals surface area contributed by atoms with Gasteiger partial charge in [0.05, 0.1) is 43.1 Å². The van der Waals surface area contributed by atoms with Crippen LogP contribution < -0.4 is 15.4 Å². The third-order valence-electron chi connectivity index (χ3n) is 6.66. The average molecular weight is 520 g/mol. The summed E-state index contributed by atoms with van der Waals surface area (Å²) < 4.78 is 46.4. The molecule has 0 radical (unpaired) electrons. The Morgan fingerprint density at radius 1 is 1.24 bits per heavy atom. The molecule has 0 aromatic carbocycles. The van der Waals surface area contributed by atoms with Gasteiger partial charge in [-0.05, 0) is 24.5 Å². The number of aromatic nitrogens is 3. The first-order valence-corrected chi connectivity index (χ1v) is 12.1. The van der Waals surface area contributed by atoms with E-state index in [1.54, 1.807) is 17.0 Å². The van der Waals surface area contributed by atoms with Crippen molar-refractivity contribution in [2.24, 2.45) is 5.92 Å². The predicted molar refractivity (Wildman–Crippen MR) is 128 cm³/mol. The van der Waals surface area contributed by atoms with E-state index in [1.807, 2.05) is 18.1 Å². The quantitative estimate of drug-likeness (QED) is 0.552. The van der Waals surface area contributed by atoms with Crippen LogP contribution in [0.4, 0.5) is 24.7 Å². The highest BCUT2D eigenvalue weighted by molar-refractivity contribution is 5.76. The Hall–Kier alpha value is -3.66. The molecule has 4 rings (SSSR count). The van der Waals surface area contributed by atoms with Gasteiger partial charge in [0.1, 0.15) is 17.5 Å². The minimum absolute atomic E-state index is 0.0535. The van der Waals surface area contributed by atoms with Crippen molar-refractivity contribution in [1.29, 1.82) is 5.26 Å². The topological polar surface area (TPSA) is 118 Å². The van der Waals surface area contributed by atoms with Gasteiger partial charge in [0.2, 0.25) is 5.91 Å². The van der Waals surface area contributed by atoms with Crippen LogP contribution in [-0.4, -0.2) is 78.0 Å². The minimum Gasteiger partial charge on any atom is -0.379 e. The highest BCUT2D eigenvalue weighted by Gasteiger charge is 2.41. The van der Waals surface area contributed by atoms with E-state index in [4.69, 9.17) is 10.00 Å². The number of pyridine rings is 1. The van der Waals surface area contributed by atoms with Gasteiger partial charge in [-0.25, -0.2) is 10.1 Å². The van der Waals surface area contributed by atoms with Gasteiger partial charge in [0.25, 0.3) is 5.56 Å². The van der Waals surface area contributed by atoms with Gasteiger partial charge < -0.3 is 19.4 Å². The van der Waals surface area contributed by atoms with Crippen LogP contribution in [0.25, 0.3) is 0 Å². The first-order chi connectivity index (χ1) is 17.7. The molecule has 0 spiro atoms. The normalized spacial score (nSPS) is 20.2. The second-order valence-corrected chi connectivity index (χ2v) is 9.31. The van der Waals surface area contributed by atoms with Crippen molar-refractivity contribution in [3.8, 4) is 6.07 Å². The Labute approximate surface area is 211 Å². The number of hydrogen-bond donors (Lipinski definition) is 1. The standard InChI is InChI=1S/C24H28F3N7O3/c1-16-10-18(34(14-16)19-13-30-31-23(36)22(19)24(25,26)27)15-37-9-4-21(35)33-7-5-32(6-8-33)20-3-2-17(11-28)12-29-20/h2-3,12-13,16,18H,4-10,14-15H2,1H3,(H,31,36)/t16-,18-/m0/s1. The third-order valence-corrected chi connectivity index (χ3v) is 6.66. The van der Waals surface area contributed by atoms with Crippen LogP contribution >= 0.6 is 0 Å². The molecule has 198 valence electrons. The fraction of sp³-hybridized carbons (Fsp3) is 0.542. The zero-order valence-electron chi connectivity index (χ0n) is 20.4. The molecular weight excluding hydrogens is 491 g/mol. The maximum Gasteiger partial charge on any atom is 0.423 e. The van der Waals surface area contributed by atoms with Crippen LogP contribution in [0.1, 0.15) is 30.9 Å². The highest BCUT2D eigenvalue weighted by atomic mass is 19.4. The number of ether oxygens (including phenoxy) is 1. The van der Waals surface area contributed by atoms with E-state index in [0.717, 1.165) is 12.0 Å². The van der Waals surface area contributed by atoms with Gasteiger partial charge in [-0.15, -0.1) is 0 Å². The van der Waals surface area contributed by atoms with E-state index in [2.05, 4.69) is 15.0 Å². The molecule has 2 fully saturated rings. The van der Waals surface area contributed by atoms with Gasteiger partial charge in [-0.1, -0.05) is 6.92 Å². The summed E-state index contributed by atoms with van der Waals surface area (Å²) in [4.78, 5) is 34.2. The molecule has 2 atom stereocenters. The summed E-state index contributed by atoms with van der Waals surface area (Å²) in [6, 6.07) is 5.17. The molecule has 0 aliphatic carbocycles.